The van der Waals surface area contributed by atoms with Crippen molar-refractivity contribution in [2.75, 3.05) is 26.9 Å². The zero-order chi connectivity index (χ0) is 17.5. The minimum atomic E-state index is -0.526. The lowest BCUT2D eigenvalue weighted by Gasteiger charge is -2.22. The van der Waals surface area contributed by atoms with Gasteiger partial charge in [0.15, 0.2) is 17.6 Å². The number of nitrogens with one attached hydrogen (secondary N) is 1. The summed E-state index contributed by atoms with van der Waals surface area (Å²) in [6.45, 7) is 1.72. The summed E-state index contributed by atoms with van der Waals surface area (Å²) in [5, 5.41) is 2.85. The van der Waals surface area contributed by atoms with Gasteiger partial charge in [-0.05, 0) is 29.8 Å². The fraction of sp³-hybridized carbons (Fsp3) is 0.316. The predicted molar refractivity (Wildman–Crippen MR) is 91.9 cm³/mol. The van der Waals surface area contributed by atoms with Crippen molar-refractivity contribution in [3.8, 4) is 17.2 Å². The highest BCUT2D eigenvalue weighted by atomic mass is 16.6. The molecule has 2 aromatic carbocycles. The first-order valence-corrected chi connectivity index (χ1v) is 8.13. The maximum Gasteiger partial charge on any atom is 0.251 e. The molecule has 1 atom stereocenters. The minimum Gasteiger partial charge on any atom is -0.493 e. The molecule has 1 heterocycles. The summed E-state index contributed by atoms with van der Waals surface area (Å²) < 4.78 is 21.7. The molecule has 6 heteroatoms. The van der Waals surface area contributed by atoms with E-state index in [0.29, 0.717) is 43.6 Å². The summed E-state index contributed by atoms with van der Waals surface area (Å²) in [5.41, 5.74) is 0.970. The first-order chi connectivity index (χ1) is 12.3. The Bertz CT molecular complexity index is 695. The number of hydrogen-bond donors (Lipinski definition) is 1. The average Bonchev–Trinajstić information content (AvgIpc) is 2.68. The van der Waals surface area contributed by atoms with Crippen LogP contribution in [0.3, 0.4) is 0 Å². The van der Waals surface area contributed by atoms with Crippen LogP contribution in [0.5, 0.6) is 17.2 Å². The monoisotopic (exact) mass is 343 g/mol. The third-order valence-corrected chi connectivity index (χ3v) is 3.80. The standard InChI is InChI=1S/C19H21NO5/c1-22-16-4-2-3-5-17(16)25-15-8-6-14(7-9-15)12-20-19(21)18-13-23-10-11-24-18/h2-9,18H,10-13H2,1H3,(H,20,21)/t18-/m1/s1. The normalized spacial score (nSPS) is 16.9. The van der Waals surface area contributed by atoms with Gasteiger partial charge in [-0.15, -0.1) is 0 Å². The molecule has 0 bridgehead atoms. The molecule has 1 saturated heterocycles. The van der Waals surface area contributed by atoms with Crippen molar-refractivity contribution < 1.29 is 23.7 Å². The lowest BCUT2D eigenvalue weighted by Crippen LogP contribution is -2.42. The van der Waals surface area contributed by atoms with Crippen molar-refractivity contribution in [2.45, 2.75) is 12.6 Å². The molecule has 6 nitrogen and oxygen atoms in total. The van der Waals surface area contributed by atoms with Gasteiger partial charge in [0, 0.05) is 6.54 Å². The molecule has 1 fully saturated rings. The molecule has 3 rings (SSSR count). The number of para-hydroxylation sites is 2. The van der Waals surface area contributed by atoms with E-state index >= 15 is 0 Å². The second kappa shape index (κ2) is 8.50. The van der Waals surface area contributed by atoms with Crippen LogP contribution in [0.4, 0.5) is 0 Å². The van der Waals surface area contributed by atoms with Gasteiger partial charge in [-0.1, -0.05) is 24.3 Å². The number of carbonyl (C=O) groups is 1. The Morgan fingerprint density at radius 3 is 2.56 bits per heavy atom. The van der Waals surface area contributed by atoms with Crippen LogP contribution in [0.25, 0.3) is 0 Å². The first-order valence-electron chi connectivity index (χ1n) is 8.13. The lowest BCUT2D eigenvalue weighted by molar-refractivity contribution is -0.147. The van der Waals surface area contributed by atoms with Crippen molar-refractivity contribution in [3.63, 3.8) is 0 Å². The van der Waals surface area contributed by atoms with E-state index in [4.69, 9.17) is 18.9 Å². The quantitative estimate of drug-likeness (QED) is 0.873. The molecule has 1 amide bonds. The fourth-order valence-electron chi connectivity index (χ4n) is 2.45. The van der Waals surface area contributed by atoms with E-state index in [2.05, 4.69) is 5.32 Å². The van der Waals surface area contributed by atoms with Crippen LogP contribution in [0.2, 0.25) is 0 Å². The molecule has 0 radical (unpaired) electrons. The zero-order valence-corrected chi connectivity index (χ0v) is 14.1. The van der Waals surface area contributed by atoms with E-state index in [0.717, 1.165) is 5.56 Å². The number of rotatable bonds is 6. The summed E-state index contributed by atoms with van der Waals surface area (Å²) in [7, 11) is 1.61. The average molecular weight is 343 g/mol. The first kappa shape index (κ1) is 17.3. The van der Waals surface area contributed by atoms with E-state index in [1.165, 1.54) is 0 Å². The zero-order valence-electron chi connectivity index (χ0n) is 14.1. The molecule has 1 aliphatic rings. The summed E-state index contributed by atoms with van der Waals surface area (Å²) in [4.78, 5) is 12.0. The van der Waals surface area contributed by atoms with Gasteiger partial charge in [0.2, 0.25) is 0 Å². The molecule has 1 aliphatic heterocycles. The van der Waals surface area contributed by atoms with Crippen LogP contribution >= 0.6 is 0 Å². The lowest BCUT2D eigenvalue weighted by atomic mass is 10.2. The Balaban J connectivity index is 1.54. The number of amides is 1. The Morgan fingerprint density at radius 1 is 1.12 bits per heavy atom. The number of ether oxygens (including phenoxy) is 4. The molecule has 0 saturated carbocycles. The van der Waals surface area contributed by atoms with Gasteiger partial charge in [0.05, 0.1) is 26.9 Å². The van der Waals surface area contributed by atoms with Crippen molar-refractivity contribution >= 4 is 5.91 Å². The molecular weight excluding hydrogens is 322 g/mol. The summed E-state index contributed by atoms with van der Waals surface area (Å²) in [5.74, 6) is 1.87. The third-order valence-electron chi connectivity index (χ3n) is 3.80. The van der Waals surface area contributed by atoms with E-state index in [1.54, 1.807) is 7.11 Å². The van der Waals surface area contributed by atoms with Crippen LogP contribution < -0.4 is 14.8 Å². The summed E-state index contributed by atoms with van der Waals surface area (Å²) in [6.07, 6.45) is -0.526. The number of benzene rings is 2. The van der Waals surface area contributed by atoms with Crippen LogP contribution in [-0.2, 0) is 20.8 Å². The molecule has 2 aromatic rings. The summed E-state index contributed by atoms with van der Waals surface area (Å²) in [6, 6.07) is 15.0. The highest BCUT2D eigenvalue weighted by Crippen LogP contribution is 2.30. The number of methoxy groups -OCH3 is 1. The predicted octanol–water partition coefficient (Wildman–Crippen LogP) is 2.52. The van der Waals surface area contributed by atoms with Crippen molar-refractivity contribution in [3.05, 3.63) is 54.1 Å². The maximum atomic E-state index is 12.0. The van der Waals surface area contributed by atoms with Crippen molar-refractivity contribution in [1.82, 2.24) is 5.32 Å². The van der Waals surface area contributed by atoms with E-state index in [1.807, 2.05) is 48.5 Å². The minimum absolute atomic E-state index is 0.158. The van der Waals surface area contributed by atoms with Crippen LogP contribution in [0, 0.1) is 0 Å². The molecule has 25 heavy (non-hydrogen) atoms. The van der Waals surface area contributed by atoms with Gasteiger partial charge in [-0.25, -0.2) is 0 Å². The van der Waals surface area contributed by atoms with Crippen LogP contribution in [0.15, 0.2) is 48.5 Å². The van der Waals surface area contributed by atoms with E-state index in [9.17, 15) is 4.79 Å². The largest absolute Gasteiger partial charge is 0.493 e. The van der Waals surface area contributed by atoms with Crippen LogP contribution in [-0.4, -0.2) is 38.9 Å². The third kappa shape index (κ3) is 4.71. The van der Waals surface area contributed by atoms with Crippen molar-refractivity contribution in [2.24, 2.45) is 0 Å². The Labute approximate surface area is 146 Å². The second-order valence-electron chi connectivity index (χ2n) is 5.55. The number of hydrogen-bond acceptors (Lipinski definition) is 5. The molecule has 132 valence electrons. The molecular formula is C19H21NO5. The molecule has 0 unspecified atom stereocenters. The van der Waals surface area contributed by atoms with E-state index in [-0.39, 0.29) is 5.91 Å². The van der Waals surface area contributed by atoms with Gasteiger partial charge >= 0.3 is 0 Å². The van der Waals surface area contributed by atoms with Crippen LogP contribution in [0.1, 0.15) is 5.56 Å². The van der Waals surface area contributed by atoms with E-state index < -0.39 is 6.10 Å². The van der Waals surface area contributed by atoms with Gasteiger partial charge in [0.25, 0.3) is 5.91 Å². The highest BCUT2D eigenvalue weighted by Gasteiger charge is 2.22. The second-order valence-corrected chi connectivity index (χ2v) is 5.55. The molecule has 0 aliphatic carbocycles. The van der Waals surface area contributed by atoms with Gasteiger partial charge in [0.1, 0.15) is 5.75 Å². The van der Waals surface area contributed by atoms with Gasteiger partial charge in [-0.2, -0.15) is 0 Å². The highest BCUT2D eigenvalue weighted by molar-refractivity contribution is 5.80. The van der Waals surface area contributed by atoms with Gasteiger partial charge < -0.3 is 24.3 Å². The van der Waals surface area contributed by atoms with Crippen molar-refractivity contribution in [1.29, 1.82) is 0 Å². The van der Waals surface area contributed by atoms with Gasteiger partial charge in [-0.3, -0.25) is 4.79 Å². The Kier molecular flexibility index (Phi) is 5.87. The maximum absolute atomic E-state index is 12.0. The summed E-state index contributed by atoms with van der Waals surface area (Å²) >= 11 is 0. The molecule has 0 aromatic heterocycles. The Morgan fingerprint density at radius 2 is 1.88 bits per heavy atom. The number of carbonyl (C=O) groups excluding carboxylic acids is 1. The molecule has 0 spiro atoms. The smallest absolute Gasteiger partial charge is 0.251 e. The fourth-order valence-corrected chi connectivity index (χ4v) is 2.45. The topological polar surface area (TPSA) is 66.0 Å². The molecule has 1 N–H and O–H groups in total. The Hall–Kier alpha value is -2.57. The SMILES string of the molecule is COc1ccccc1Oc1ccc(CNC(=O)[C@H]2COCCO2)cc1.